The van der Waals surface area contributed by atoms with Crippen LogP contribution in [0.5, 0.6) is 0 Å². The smallest absolute Gasteiger partial charge is 0.243 e. The summed E-state index contributed by atoms with van der Waals surface area (Å²) in [6.07, 6.45) is 2.98. The number of hydrogen-bond acceptors (Lipinski definition) is 4. The van der Waals surface area contributed by atoms with Gasteiger partial charge in [0, 0.05) is 38.7 Å². The van der Waals surface area contributed by atoms with E-state index in [0.717, 1.165) is 24.8 Å². The Morgan fingerprint density at radius 2 is 1.69 bits per heavy atom. The summed E-state index contributed by atoms with van der Waals surface area (Å²) in [4.78, 5) is 27.1. The molecule has 32 heavy (non-hydrogen) atoms. The van der Waals surface area contributed by atoms with Crippen LogP contribution < -0.4 is 10.2 Å². The summed E-state index contributed by atoms with van der Waals surface area (Å²) in [6.45, 7) is 4.95. The first-order valence-electron chi connectivity index (χ1n) is 11.1. The van der Waals surface area contributed by atoms with Crippen molar-refractivity contribution in [3.05, 3.63) is 59.2 Å². The molecular weight excluding hydrogens is 426 g/mol. The molecule has 170 valence electrons. The summed E-state index contributed by atoms with van der Waals surface area (Å²) in [5.41, 5.74) is 3.52. The molecule has 2 aliphatic rings. The first kappa shape index (κ1) is 22.5. The van der Waals surface area contributed by atoms with E-state index in [-0.39, 0.29) is 16.7 Å². The van der Waals surface area contributed by atoms with Gasteiger partial charge in [0.25, 0.3) is 0 Å². The molecular formula is C24H29N3O4S. The predicted molar refractivity (Wildman–Crippen MR) is 123 cm³/mol. The molecule has 2 aliphatic heterocycles. The zero-order valence-electron chi connectivity index (χ0n) is 18.5. The number of amides is 2. The molecule has 0 aromatic heterocycles. The van der Waals surface area contributed by atoms with Crippen molar-refractivity contribution < 1.29 is 18.0 Å². The van der Waals surface area contributed by atoms with Crippen LogP contribution in [0.15, 0.2) is 47.4 Å². The largest absolute Gasteiger partial charge is 0.350 e. The van der Waals surface area contributed by atoms with E-state index in [9.17, 15) is 18.0 Å². The summed E-state index contributed by atoms with van der Waals surface area (Å²) in [5, 5.41) is 2.93. The number of benzene rings is 2. The van der Waals surface area contributed by atoms with E-state index in [1.165, 1.54) is 27.8 Å². The molecule has 1 fully saturated rings. The Kier molecular flexibility index (Phi) is 6.35. The number of fused-ring (bicyclic) bond motifs is 1. The van der Waals surface area contributed by atoms with Crippen LogP contribution >= 0.6 is 0 Å². The fourth-order valence-corrected chi connectivity index (χ4v) is 6.03. The van der Waals surface area contributed by atoms with E-state index >= 15 is 0 Å². The fourth-order valence-electron chi connectivity index (χ4n) is 4.46. The molecule has 0 bridgehead atoms. The van der Waals surface area contributed by atoms with Gasteiger partial charge in [-0.25, -0.2) is 8.42 Å². The number of aryl methyl sites for hydroxylation is 1. The number of sulfonamides is 1. The Labute approximate surface area is 189 Å². The molecule has 1 saturated heterocycles. The van der Waals surface area contributed by atoms with Crippen LogP contribution in [-0.2, 0) is 39.0 Å². The Balaban J connectivity index is 1.52. The summed E-state index contributed by atoms with van der Waals surface area (Å²) >= 11 is 0. The fraction of sp³-hybridized carbons (Fsp3) is 0.417. The number of carbonyl (C=O) groups excluding carboxylic acids is 2. The molecule has 4 rings (SSSR count). The van der Waals surface area contributed by atoms with Crippen molar-refractivity contribution in [1.82, 2.24) is 9.62 Å². The second-order valence-corrected chi connectivity index (χ2v) is 10.3. The second-order valence-electron chi connectivity index (χ2n) is 8.40. The van der Waals surface area contributed by atoms with Gasteiger partial charge in [0.2, 0.25) is 21.8 Å². The van der Waals surface area contributed by atoms with Crippen LogP contribution in [0.25, 0.3) is 0 Å². The van der Waals surface area contributed by atoms with Crippen LogP contribution in [0.3, 0.4) is 0 Å². The molecule has 2 aromatic rings. The summed E-state index contributed by atoms with van der Waals surface area (Å²) in [6, 6.07) is 12.2. The van der Waals surface area contributed by atoms with Crippen molar-refractivity contribution in [1.29, 1.82) is 0 Å². The normalized spacial score (nSPS) is 18.6. The number of anilines is 1. The summed E-state index contributed by atoms with van der Waals surface area (Å²) < 4.78 is 27.4. The van der Waals surface area contributed by atoms with Crippen LogP contribution in [-0.4, -0.2) is 43.7 Å². The van der Waals surface area contributed by atoms with Gasteiger partial charge in [0.05, 0.1) is 4.90 Å². The Hall–Kier alpha value is -2.71. The Bertz CT molecular complexity index is 1120. The van der Waals surface area contributed by atoms with Gasteiger partial charge in [-0.2, -0.15) is 4.31 Å². The third-order valence-electron chi connectivity index (χ3n) is 6.28. The number of rotatable bonds is 6. The minimum atomic E-state index is -3.56. The number of carbonyl (C=O) groups is 2. The average Bonchev–Trinajstić information content (AvgIpc) is 3.45. The molecule has 0 aliphatic carbocycles. The number of nitrogens with one attached hydrogen (secondary N) is 1. The molecule has 2 heterocycles. The first-order valence-corrected chi connectivity index (χ1v) is 12.5. The number of nitrogens with zero attached hydrogens (tertiary/aromatic N) is 2. The Morgan fingerprint density at radius 1 is 1.03 bits per heavy atom. The van der Waals surface area contributed by atoms with E-state index in [2.05, 4.69) is 12.2 Å². The van der Waals surface area contributed by atoms with Gasteiger partial charge >= 0.3 is 0 Å². The molecule has 0 spiro atoms. The third kappa shape index (κ3) is 4.29. The zero-order chi connectivity index (χ0) is 22.9. The first-order chi connectivity index (χ1) is 15.3. The zero-order valence-corrected chi connectivity index (χ0v) is 19.3. The van der Waals surface area contributed by atoms with Gasteiger partial charge in [-0.05, 0) is 54.2 Å². The molecule has 7 nitrogen and oxygen atoms in total. The van der Waals surface area contributed by atoms with Gasteiger partial charge in [0.1, 0.15) is 6.04 Å². The maximum atomic E-state index is 13.0. The van der Waals surface area contributed by atoms with Crippen LogP contribution in [0, 0.1) is 0 Å². The van der Waals surface area contributed by atoms with E-state index in [4.69, 9.17) is 0 Å². The molecule has 0 unspecified atom stereocenters. The topological polar surface area (TPSA) is 86.8 Å². The minimum absolute atomic E-state index is 0.221. The summed E-state index contributed by atoms with van der Waals surface area (Å²) in [5.74, 6) is -0.494. The lowest BCUT2D eigenvalue weighted by Crippen LogP contribution is -2.47. The molecule has 8 heteroatoms. The highest BCUT2D eigenvalue weighted by Gasteiger charge is 2.38. The monoisotopic (exact) mass is 455 g/mol. The van der Waals surface area contributed by atoms with E-state index in [1.807, 2.05) is 24.3 Å². The Morgan fingerprint density at radius 3 is 2.31 bits per heavy atom. The average molecular weight is 456 g/mol. The lowest BCUT2D eigenvalue weighted by molar-refractivity contribution is -0.125. The van der Waals surface area contributed by atoms with Crippen LogP contribution in [0.4, 0.5) is 5.69 Å². The van der Waals surface area contributed by atoms with Crippen LogP contribution in [0.2, 0.25) is 0 Å². The highest BCUT2D eigenvalue weighted by Crippen LogP contribution is 2.35. The summed E-state index contributed by atoms with van der Waals surface area (Å²) in [7, 11) is -3.56. The molecule has 0 radical (unpaired) electrons. The van der Waals surface area contributed by atoms with E-state index < -0.39 is 16.1 Å². The van der Waals surface area contributed by atoms with Gasteiger partial charge in [-0.15, -0.1) is 0 Å². The number of hydrogen-bond donors (Lipinski definition) is 1. The van der Waals surface area contributed by atoms with Crippen molar-refractivity contribution in [3.8, 4) is 0 Å². The molecule has 2 aromatic carbocycles. The van der Waals surface area contributed by atoms with Gasteiger partial charge < -0.3 is 5.32 Å². The molecule has 0 saturated carbocycles. The van der Waals surface area contributed by atoms with Crippen molar-refractivity contribution in [2.24, 2.45) is 0 Å². The molecule has 1 atom stereocenters. The molecule has 2 amide bonds. The quantitative estimate of drug-likeness (QED) is 0.726. The maximum Gasteiger partial charge on any atom is 0.243 e. The standard InChI is InChI=1S/C24H29N3O4S/c1-3-18-6-8-19(9-7-18)16-25-24(29)23-15-20-14-21(10-11-22(20)27(23)17(2)28)32(30,31)26-12-4-5-13-26/h6-11,14,23H,3-5,12-13,15-16H2,1-2H3,(H,25,29)/t23-/m0/s1. The maximum absolute atomic E-state index is 13.0. The van der Waals surface area contributed by atoms with Gasteiger partial charge in [-0.1, -0.05) is 31.2 Å². The predicted octanol–water partition coefficient (Wildman–Crippen LogP) is 2.63. The molecule has 1 N–H and O–H groups in total. The highest BCUT2D eigenvalue weighted by atomic mass is 32.2. The lowest BCUT2D eigenvalue weighted by atomic mass is 10.1. The van der Waals surface area contributed by atoms with Gasteiger partial charge in [-0.3, -0.25) is 14.5 Å². The van der Waals surface area contributed by atoms with Crippen molar-refractivity contribution >= 4 is 27.5 Å². The van der Waals surface area contributed by atoms with E-state index in [0.29, 0.717) is 37.3 Å². The highest BCUT2D eigenvalue weighted by molar-refractivity contribution is 7.89. The van der Waals surface area contributed by atoms with Crippen molar-refractivity contribution in [2.75, 3.05) is 18.0 Å². The van der Waals surface area contributed by atoms with Crippen molar-refractivity contribution in [3.63, 3.8) is 0 Å². The van der Waals surface area contributed by atoms with Gasteiger partial charge in [0.15, 0.2) is 0 Å². The minimum Gasteiger partial charge on any atom is -0.350 e. The third-order valence-corrected chi connectivity index (χ3v) is 8.17. The van der Waals surface area contributed by atoms with Crippen molar-refractivity contribution in [2.45, 2.75) is 57.0 Å². The van der Waals surface area contributed by atoms with Crippen LogP contribution in [0.1, 0.15) is 43.4 Å². The van der Waals surface area contributed by atoms with E-state index in [1.54, 1.807) is 12.1 Å². The second kappa shape index (κ2) is 9.03. The lowest BCUT2D eigenvalue weighted by Gasteiger charge is -2.23. The SMILES string of the molecule is CCc1ccc(CNC(=O)[C@@H]2Cc3cc(S(=O)(=O)N4CCCC4)ccc3N2C(C)=O)cc1.